The van der Waals surface area contributed by atoms with E-state index in [0.717, 1.165) is 32.1 Å². The van der Waals surface area contributed by atoms with Crippen LogP contribution in [0.25, 0.3) is 0 Å². The van der Waals surface area contributed by atoms with Crippen molar-refractivity contribution in [3.8, 4) is 0 Å². The topological polar surface area (TPSA) is 46.5 Å². The minimum atomic E-state index is -0.808. The zero-order valence-electron chi connectivity index (χ0n) is 11.5. The molecule has 0 aromatic carbocycles. The molecule has 3 heteroatoms. The minimum absolute atomic E-state index is 0.247. The Kier molecular flexibility index (Phi) is 4.99. The summed E-state index contributed by atoms with van der Waals surface area (Å²) in [6.45, 7) is 6.43. The van der Waals surface area contributed by atoms with Crippen LogP contribution in [0.5, 0.6) is 0 Å². The highest BCUT2D eigenvalue weighted by Crippen LogP contribution is 2.48. The molecule has 0 bridgehead atoms. The second-order valence-corrected chi connectivity index (χ2v) is 5.73. The van der Waals surface area contributed by atoms with Gasteiger partial charge in [0.15, 0.2) is 0 Å². The number of rotatable bonds is 6. The molecule has 1 atom stereocenters. The third-order valence-corrected chi connectivity index (χ3v) is 4.15. The van der Waals surface area contributed by atoms with Gasteiger partial charge in [0, 0.05) is 0 Å². The molecule has 0 aliphatic heterocycles. The maximum Gasteiger partial charge on any atom is 0.311 e. The number of esters is 1. The molecule has 0 spiro atoms. The highest BCUT2D eigenvalue weighted by Gasteiger charge is 2.51. The van der Waals surface area contributed by atoms with Gasteiger partial charge in [-0.05, 0) is 31.1 Å². The van der Waals surface area contributed by atoms with Gasteiger partial charge >= 0.3 is 5.97 Å². The number of unbranched alkanes of at least 4 members (excludes halogenated alkanes) is 1. The summed E-state index contributed by atoms with van der Waals surface area (Å²) >= 11 is 0. The van der Waals surface area contributed by atoms with Gasteiger partial charge in [0.1, 0.15) is 0 Å². The molecule has 0 heterocycles. The minimum Gasteiger partial charge on any atom is -0.469 e. The van der Waals surface area contributed by atoms with Crippen LogP contribution in [0.15, 0.2) is 0 Å². The van der Waals surface area contributed by atoms with Crippen molar-refractivity contribution in [2.75, 3.05) is 7.11 Å². The van der Waals surface area contributed by atoms with Gasteiger partial charge in [-0.3, -0.25) is 4.79 Å². The Balaban J connectivity index is 2.61. The fraction of sp³-hybridized carbons (Fsp3) is 0.929. The number of hydrogen-bond acceptors (Lipinski definition) is 3. The molecule has 1 N–H and O–H groups in total. The first-order chi connectivity index (χ1) is 7.94. The van der Waals surface area contributed by atoms with Crippen LogP contribution in [0.4, 0.5) is 0 Å². The Labute approximate surface area is 105 Å². The van der Waals surface area contributed by atoms with E-state index in [9.17, 15) is 9.90 Å². The van der Waals surface area contributed by atoms with Gasteiger partial charge in [-0.1, -0.05) is 33.6 Å². The molecular formula is C14H26O3. The summed E-state index contributed by atoms with van der Waals surface area (Å²) < 4.78 is 4.83. The van der Waals surface area contributed by atoms with Crippen LogP contribution >= 0.6 is 0 Å². The molecule has 0 aromatic heterocycles. The van der Waals surface area contributed by atoms with Gasteiger partial charge in [0.25, 0.3) is 0 Å². The summed E-state index contributed by atoms with van der Waals surface area (Å²) in [5.74, 6) is 0.555. The van der Waals surface area contributed by atoms with Crippen molar-refractivity contribution in [2.24, 2.45) is 17.8 Å². The monoisotopic (exact) mass is 242 g/mol. The Bertz CT molecular complexity index is 254. The van der Waals surface area contributed by atoms with E-state index in [1.54, 1.807) is 0 Å². The fourth-order valence-electron chi connectivity index (χ4n) is 2.76. The van der Waals surface area contributed by atoms with Crippen molar-refractivity contribution in [1.29, 1.82) is 0 Å². The zero-order valence-corrected chi connectivity index (χ0v) is 11.5. The van der Waals surface area contributed by atoms with E-state index in [1.807, 2.05) is 0 Å². The lowest BCUT2D eigenvalue weighted by Gasteiger charge is -2.49. The van der Waals surface area contributed by atoms with Crippen molar-refractivity contribution in [3.05, 3.63) is 0 Å². The first kappa shape index (κ1) is 14.5. The summed E-state index contributed by atoms with van der Waals surface area (Å²) in [7, 11) is 1.41. The molecule has 1 unspecified atom stereocenters. The van der Waals surface area contributed by atoms with Crippen LogP contribution < -0.4 is 0 Å². The average molecular weight is 242 g/mol. The van der Waals surface area contributed by atoms with Crippen LogP contribution in [0, 0.1) is 17.8 Å². The number of carbonyl (C=O) groups is 1. The van der Waals surface area contributed by atoms with Gasteiger partial charge in [0.2, 0.25) is 0 Å². The van der Waals surface area contributed by atoms with Gasteiger partial charge in [-0.15, -0.1) is 0 Å². The Hall–Kier alpha value is -0.570. The molecule has 3 nitrogen and oxygen atoms in total. The summed E-state index contributed by atoms with van der Waals surface area (Å²) in [4.78, 5) is 11.8. The molecule has 1 aliphatic rings. The highest BCUT2D eigenvalue weighted by molar-refractivity contribution is 5.74. The lowest BCUT2D eigenvalue weighted by atomic mass is 9.60. The van der Waals surface area contributed by atoms with E-state index < -0.39 is 5.60 Å². The number of carbonyl (C=O) groups excluding carboxylic acids is 1. The van der Waals surface area contributed by atoms with Crippen LogP contribution in [0.1, 0.15) is 52.9 Å². The number of aliphatic hydroxyl groups is 1. The molecule has 1 fully saturated rings. The molecule has 17 heavy (non-hydrogen) atoms. The molecule has 0 radical (unpaired) electrons. The predicted molar refractivity (Wildman–Crippen MR) is 67.5 cm³/mol. The normalized spacial score (nSPS) is 29.9. The first-order valence-corrected chi connectivity index (χ1v) is 6.74. The lowest BCUT2D eigenvalue weighted by Crippen LogP contribution is -2.54. The van der Waals surface area contributed by atoms with E-state index in [4.69, 9.17) is 4.74 Å². The molecule has 1 aliphatic carbocycles. The van der Waals surface area contributed by atoms with Crippen LogP contribution in [-0.2, 0) is 9.53 Å². The average Bonchev–Trinajstić information content (AvgIpc) is 2.25. The number of methoxy groups -OCH3 is 1. The van der Waals surface area contributed by atoms with Crippen LogP contribution in [0.2, 0.25) is 0 Å². The Morgan fingerprint density at radius 1 is 1.47 bits per heavy atom. The summed E-state index contributed by atoms with van der Waals surface area (Å²) in [6.07, 6.45) is 4.23. The van der Waals surface area contributed by atoms with Gasteiger partial charge < -0.3 is 9.84 Å². The Morgan fingerprint density at radius 3 is 2.47 bits per heavy atom. The van der Waals surface area contributed by atoms with Gasteiger partial charge in [-0.2, -0.15) is 0 Å². The van der Waals surface area contributed by atoms with Crippen molar-refractivity contribution in [2.45, 2.75) is 58.5 Å². The summed E-state index contributed by atoms with van der Waals surface area (Å²) in [5.41, 5.74) is -0.808. The van der Waals surface area contributed by atoms with Crippen molar-refractivity contribution in [3.63, 3.8) is 0 Å². The molecule has 0 amide bonds. The summed E-state index contributed by atoms with van der Waals surface area (Å²) in [5, 5.41) is 10.5. The highest BCUT2D eigenvalue weighted by atomic mass is 16.5. The van der Waals surface area contributed by atoms with E-state index in [2.05, 4.69) is 20.8 Å². The summed E-state index contributed by atoms with van der Waals surface area (Å²) in [6, 6.07) is 0. The largest absolute Gasteiger partial charge is 0.469 e. The van der Waals surface area contributed by atoms with Crippen LogP contribution in [-0.4, -0.2) is 23.8 Å². The zero-order chi connectivity index (χ0) is 13.1. The van der Waals surface area contributed by atoms with E-state index >= 15 is 0 Å². The molecule has 0 aromatic rings. The molecule has 1 saturated carbocycles. The Morgan fingerprint density at radius 2 is 2.06 bits per heavy atom. The first-order valence-electron chi connectivity index (χ1n) is 6.74. The fourth-order valence-corrected chi connectivity index (χ4v) is 2.76. The van der Waals surface area contributed by atoms with Crippen LogP contribution in [0.3, 0.4) is 0 Å². The molecule has 1 rings (SSSR count). The molecule has 0 saturated heterocycles. The van der Waals surface area contributed by atoms with E-state index in [-0.39, 0.29) is 11.9 Å². The van der Waals surface area contributed by atoms with Crippen molar-refractivity contribution >= 4 is 5.97 Å². The smallest absolute Gasteiger partial charge is 0.311 e. The number of ether oxygens (including phenoxy) is 1. The van der Waals surface area contributed by atoms with Crippen molar-refractivity contribution in [1.82, 2.24) is 0 Å². The third-order valence-electron chi connectivity index (χ3n) is 4.15. The second-order valence-electron chi connectivity index (χ2n) is 5.73. The quantitative estimate of drug-likeness (QED) is 0.728. The molecule has 100 valence electrons. The maximum atomic E-state index is 11.8. The van der Waals surface area contributed by atoms with E-state index in [1.165, 1.54) is 7.11 Å². The third kappa shape index (κ3) is 3.21. The lowest BCUT2D eigenvalue weighted by molar-refractivity contribution is -0.174. The molecular weight excluding hydrogens is 216 g/mol. The van der Waals surface area contributed by atoms with Crippen molar-refractivity contribution < 1.29 is 14.6 Å². The van der Waals surface area contributed by atoms with Gasteiger partial charge in [-0.25, -0.2) is 0 Å². The SMILES string of the molecule is CCCCC(C(=O)OC)C1(O)CC(C(C)C)C1. The predicted octanol–water partition coefficient (Wildman–Crippen LogP) is 2.76. The number of hydrogen-bond donors (Lipinski definition) is 1. The van der Waals surface area contributed by atoms with E-state index in [0.29, 0.717) is 11.8 Å². The van der Waals surface area contributed by atoms with Gasteiger partial charge in [0.05, 0.1) is 18.6 Å². The second kappa shape index (κ2) is 5.85. The maximum absolute atomic E-state index is 11.8. The standard InChI is InChI=1S/C14H26O3/c1-5-6-7-12(13(15)17-4)14(16)8-11(9-14)10(2)3/h10-12,16H,5-9H2,1-4H3.